The molecule has 0 spiro atoms. The summed E-state index contributed by atoms with van der Waals surface area (Å²) in [5, 5.41) is 10.2. The quantitative estimate of drug-likeness (QED) is 0.606. The molecule has 5 rings (SSSR count). The van der Waals surface area contributed by atoms with E-state index in [0.717, 1.165) is 43.9 Å². The molecule has 0 bridgehead atoms. The van der Waals surface area contributed by atoms with Gasteiger partial charge in [0.15, 0.2) is 12.4 Å². The fraction of sp³-hybridized carbons (Fsp3) is 0.692. The van der Waals surface area contributed by atoms with Crippen molar-refractivity contribution in [1.29, 1.82) is 0 Å². The number of carbonyl (C=O) groups excluding carboxylic acids is 1. The maximum absolute atomic E-state index is 13.3. The van der Waals surface area contributed by atoms with Crippen molar-refractivity contribution >= 4 is 5.78 Å². The van der Waals surface area contributed by atoms with E-state index in [1.165, 1.54) is 24.8 Å². The normalized spacial score (nSPS) is 43.7. The summed E-state index contributed by atoms with van der Waals surface area (Å²) in [5.41, 5.74) is 1.99. The Balaban J connectivity index is 1.38. The predicted molar refractivity (Wildman–Crippen MR) is 113 cm³/mol. The molecule has 7 atom stereocenters. The number of rotatable bonds is 3. The summed E-state index contributed by atoms with van der Waals surface area (Å²) in [4.78, 5) is 13.3. The van der Waals surface area contributed by atoms with Gasteiger partial charge in [0.2, 0.25) is 12.3 Å². The number of fused-ring (bicyclic) bond motifs is 5. The van der Waals surface area contributed by atoms with Gasteiger partial charge in [-0.05, 0) is 80.0 Å². The molecule has 1 aromatic heterocycles. The number of allylic oxidation sites excluding steroid dienone is 1. The third-order valence-corrected chi connectivity index (χ3v) is 9.58. The van der Waals surface area contributed by atoms with Crippen molar-refractivity contribution in [1.82, 2.24) is 0 Å². The highest BCUT2D eigenvalue weighted by Gasteiger charge is 2.59. The number of hydrogen-bond acceptors (Lipinski definition) is 2. The number of carbonyl (C=O) groups is 1. The molecule has 0 aromatic carbocycles. The summed E-state index contributed by atoms with van der Waals surface area (Å²) in [6, 6.07) is 6.02. The van der Waals surface area contributed by atoms with Crippen molar-refractivity contribution in [3.8, 4) is 0 Å². The van der Waals surface area contributed by atoms with E-state index in [1.54, 1.807) is 0 Å². The Bertz CT molecular complexity index is 817. The molecular weight excluding hydrogens is 358 g/mol. The van der Waals surface area contributed by atoms with Gasteiger partial charge in [-0.15, -0.1) is 0 Å². The molecule has 0 unspecified atom stereocenters. The van der Waals surface area contributed by atoms with E-state index in [2.05, 4.69) is 19.9 Å². The molecule has 4 aliphatic rings. The molecule has 3 heteroatoms. The molecule has 1 N–H and O–H groups in total. The Hall–Kier alpha value is -1.48. The Kier molecular flexibility index (Phi) is 4.73. The van der Waals surface area contributed by atoms with E-state index in [0.29, 0.717) is 18.2 Å². The number of aliphatic hydroxyl groups excluding tert-OH is 1. The van der Waals surface area contributed by atoms with E-state index in [9.17, 15) is 9.90 Å². The highest BCUT2D eigenvalue weighted by molar-refractivity contribution is 5.81. The van der Waals surface area contributed by atoms with Crippen molar-refractivity contribution in [3.63, 3.8) is 0 Å². The highest BCUT2D eigenvalue weighted by atomic mass is 16.3. The Morgan fingerprint density at radius 3 is 2.66 bits per heavy atom. The van der Waals surface area contributed by atoms with Crippen LogP contribution in [-0.2, 0) is 11.3 Å². The van der Waals surface area contributed by atoms with Gasteiger partial charge in [-0.3, -0.25) is 4.79 Å². The predicted octanol–water partition coefficient (Wildman–Crippen LogP) is 4.48. The number of hydrogen-bond donors (Lipinski definition) is 1. The van der Waals surface area contributed by atoms with Crippen LogP contribution in [0.1, 0.15) is 65.2 Å². The van der Waals surface area contributed by atoms with Crippen LogP contribution in [-0.4, -0.2) is 17.0 Å². The molecule has 1 aromatic rings. The average molecular weight is 395 g/mol. The monoisotopic (exact) mass is 394 g/mol. The van der Waals surface area contributed by atoms with E-state index in [-0.39, 0.29) is 22.9 Å². The Labute approximate surface area is 175 Å². The Morgan fingerprint density at radius 1 is 1.07 bits per heavy atom. The third kappa shape index (κ3) is 3.03. The molecule has 3 nitrogen and oxygen atoms in total. The van der Waals surface area contributed by atoms with Crippen molar-refractivity contribution in [2.45, 2.75) is 77.9 Å². The van der Waals surface area contributed by atoms with Crippen LogP contribution in [0.25, 0.3) is 0 Å². The largest absolute Gasteiger partial charge is 0.393 e. The van der Waals surface area contributed by atoms with Gasteiger partial charge in [-0.25, -0.2) is 0 Å². The van der Waals surface area contributed by atoms with E-state index in [1.807, 2.05) is 35.2 Å². The van der Waals surface area contributed by atoms with Gasteiger partial charge in [0, 0.05) is 18.1 Å². The fourth-order valence-corrected chi connectivity index (χ4v) is 8.00. The summed E-state index contributed by atoms with van der Waals surface area (Å²) >= 11 is 0. The van der Waals surface area contributed by atoms with Crippen molar-refractivity contribution < 1.29 is 14.5 Å². The van der Waals surface area contributed by atoms with Gasteiger partial charge in [0.25, 0.3) is 0 Å². The van der Waals surface area contributed by atoms with E-state index in [4.69, 9.17) is 0 Å². The van der Waals surface area contributed by atoms with Gasteiger partial charge in [0.1, 0.15) is 0 Å². The zero-order chi connectivity index (χ0) is 20.2. The molecule has 0 radical (unpaired) electrons. The molecule has 0 amide bonds. The molecule has 0 aliphatic heterocycles. The van der Waals surface area contributed by atoms with Gasteiger partial charge in [0.05, 0.1) is 6.10 Å². The van der Waals surface area contributed by atoms with E-state index < -0.39 is 0 Å². The summed E-state index contributed by atoms with van der Waals surface area (Å²) in [5.74, 6) is 2.79. The standard InChI is InChI=1S/C26H36NO2/c1-25-12-10-19(28)16-18(25)6-7-20-21-8-9-23(26(21,2)13-11-22(20)25)24(29)17-27-14-4-3-5-15-27/h3-6,14-15,19-23,28H,7-13,16-17H2,1-2H3/q+1/t19-,20-,21-,22+,23+,25-,26-/m0/s1. The van der Waals surface area contributed by atoms with Gasteiger partial charge >= 0.3 is 0 Å². The first-order valence-electron chi connectivity index (χ1n) is 11.8. The molecular formula is C26H36NO2+. The van der Waals surface area contributed by atoms with Crippen molar-refractivity contribution in [2.24, 2.45) is 34.5 Å². The van der Waals surface area contributed by atoms with Gasteiger partial charge < -0.3 is 5.11 Å². The van der Waals surface area contributed by atoms with Crippen LogP contribution < -0.4 is 4.57 Å². The Morgan fingerprint density at radius 2 is 1.86 bits per heavy atom. The maximum atomic E-state index is 13.3. The number of ketones is 1. The summed E-state index contributed by atoms with van der Waals surface area (Å²) < 4.78 is 2.04. The van der Waals surface area contributed by atoms with E-state index >= 15 is 0 Å². The molecule has 0 saturated heterocycles. The topological polar surface area (TPSA) is 41.2 Å². The lowest BCUT2D eigenvalue weighted by Crippen LogP contribution is -2.51. The van der Waals surface area contributed by atoms with Crippen LogP contribution in [0.3, 0.4) is 0 Å². The first-order valence-corrected chi connectivity index (χ1v) is 11.8. The minimum absolute atomic E-state index is 0.135. The van der Waals surface area contributed by atoms with Crippen LogP contribution in [0.2, 0.25) is 0 Å². The maximum Gasteiger partial charge on any atom is 0.206 e. The van der Waals surface area contributed by atoms with Crippen LogP contribution in [0, 0.1) is 34.5 Å². The SMILES string of the molecule is C[C@]12CC[C@@H]3[C@@H](CC=C4C[C@@H](O)CC[C@@]43C)[C@@H]1CC[C@@H]2C(=O)C[n+]1ccccc1. The summed E-state index contributed by atoms with van der Waals surface area (Å²) in [7, 11) is 0. The van der Waals surface area contributed by atoms with Crippen LogP contribution in [0.15, 0.2) is 42.2 Å². The number of aliphatic hydroxyl groups is 1. The van der Waals surface area contributed by atoms with Crippen molar-refractivity contribution in [2.75, 3.05) is 0 Å². The minimum Gasteiger partial charge on any atom is -0.393 e. The second-order valence-electron chi connectivity index (χ2n) is 10.8. The van der Waals surface area contributed by atoms with Crippen LogP contribution >= 0.6 is 0 Å². The summed E-state index contributed by atoms with van der Waals surface area (Å²) in [6.07, 6.45) is 15.3. The number of pyridine rings is 1. The lowest BCUT2D eigenvalue weighted by molar-refractivity contribution is -0.684. The fourth-order valence-electron chi connectivity index (χ4n) is 8.00. The van der Waals surface area contributed by atoms with Crippen LogP contribution in [0.5, 0.6) is 0 Å². The zero-order valence-electron chi connectivity index (χ0n) is 18.0. The molecule has 1 heterocycles. The first-order chi connectivity index (χ1) is 13.9. The second-order valence-corrected chi connectivity index (χ2v) is 10.8. The number of nitrogens with zero attached hydrogens (tertiary/aromatic N) is 1. The molecule has 29 heavy (non-hydrogen) atoms. The summed E-state index contributed by atoms with van der Waals surface area (Å²) in [6.45, 7) is 5.43. The smallest absolute Gasteiger partial charge is 0.206 e. The zero-order valence-corrected chi connectivity index (χ0v) is 18.0. The molecule has 3 saturated carbocycles. The lowest BCUT2D eigenvalue weighted by Gasteiger charge is -2.57. The third-order valence-electron chi connectivity index (χ3n) is 9.58. The molecule has 4 aliphatic carbocycles. The van der Waals surface area contributed by atoms with Gasteiger partial charge in [-0.1, -0.05) is 31.6 Å². The minimum atomic E-state index is -0.135. The molecule has 3 fully saturated rings. The number of aromatic nitrogens is 1. The molecule has 156 valence electrons. The van der Waals surface area contributed by atoms with Gasteiger partial charge in [-0.2, -0.15) is 4.57 Å². The lowest BCUT2D eigenvalue weighted by atomic mass is 9.47. The second kappa shape index (κ2) is 7.04. The average Bonchev–Trinajstić information content (AvgIpc) is 3.06. The first kappa shape index (κ1) is 19.5. The van der Waals surface area contributed by atoms with Crippen LogP contribution in [0.4, 0.5) is 0 Å². The highest BCUT2D eigenvalue weighted by Crippen LogP contribution is 2.66. The van der Waals surface area contributed by atoms with Crippen molar-refractivity contribution in [3.05, 3.63) is 42.2 Å². The number of Topliss-reactive ketones (excluding diaryl/α,β-unsaturated/α-hetero) is 1.